The lowest BCUT2D eigenvalue weighted by Crippen LogP contribution is -3.00. The first-order valence-electron chi connectivity index (χ1n) is 4.91. The Kier molecular flexibility index (Phi) is 6.86. The van der Waals surface area contributed by atoms with E-state index in [1.54, 1.807) is 0 Å². The smallest absolute Gasteiger partial charge is 0.0598 e. The van der Waals surface area contributed by atoms with E-state index in [-0.39, 0.29) is 12.4 Å². The van der Waals surface area contributed by atoms with Crippen LogP contribution >= 0.6 is 0 Å². The van der Waals surface area contributed by atoms with Gasteiger partial charge < -0.3 is 12.4 Å². The van der Waals surface area contributed by atoms with Crippen LogP contribution in [0.2, 0.25) is 0 Å². The summed E-state index contributed by atoms with van der Waals surface area (Å²) in [7, 11) is 2.06. The highest BCUT2D eigenvalue weighted by Crippen LogP contribution is 2.06. The zero-order chi connectivity index (χ0) is 10.4. The predicted molar refractivity (Wildman–Crippen MR) is 61.1 cm³/mol. The van der Waals surface area contributed by atoms with E-state index >= 15 is 0 Å². The summed E-state index contributed by atoms with van der Waals surface area (Å²) in [6.07, 6.45) is 6.32. The Labute approximate surface area is 98.9 Å². The van der Waals surface area contributed by atoms with Gasteiger partial charge in [0.1, 0.15) is 0 Å². The Balaban J connectivity index is 0.00000196. The average Bonchev–Trinajstić information content (AvgIpc) is 2.19. The minimum Gasteiger partial charge on any atom is -1.00 e. The van der Waals surface area contributed by atoms with E-state index in [1.807, 2.05) is 6.07 Å². The molecule has 1 rings (SSSR count). The molecule has 0 amide bonds. The second kappa shape index (κ2) is 7.34. The second-order valence-electron chi connectivity index (χ2n) is 3.66. The first kappa shape index (κ1) is 14.0. The molecule has 0 aliphatic carbocycles. The summed E-state index contributed by atoms with van der Waals surface area (Å²) in [5.41, 5.74) is 1.36. The molecule has 1 unspecified atom stereocenters. The van der Waals surface area contributed by atoms with E-state index in [4.69, 9.17) is 6.42 Å². The topological polar surface area (TPSA) is 3.24 Å². The van der Waals surface area contributed by atoms with Gasteiger partial charge in [0.15, 0.2) is 0 Å². The highest BCUT2D eigenvalue weighted by Gasteiger charge is 2.07. The molecule has 0 fully saturated rings. The zero-order valence-electron chi connectivity index (χ0n) is 9.28. The van der Waals surface area contributed by atoms with E-state index in [0.717, 1.165) is 6.42 Å². The number of benzene rings is 1. The largest absolute Gasteiger partial charge is 1.00 e. The molecule has 0 aliphatic rings. The summed E-state index contributed by atoms with van der Waals surface area (Å²) < 4.78 is 0. The number of hydrogen-bond acceptors (Lipinski definition) is 1. The van der Waals surface area contributed by atoms with Gasteiger partial charge in [0, 0.05) is 6.04 Å². The Bertz CT molecular complexity index is 302. The van der Waals surface area contributed by atoms with Gasteiger partial charge in [-0.05, 0) is 26.0 Å². The molecular formula is C13H17ClN-. The maximum absolute atomic E-state index is 5.27. The quantitative estimate of drug-likeness (QED) is 0.603. The van der Waals surface area contributed by atoms with Crippen molar-refractivity contribution in [3.8, 4) is 12.3 Å². The third-order valence-electron chi connectivity index (χ3n) is 2.47. The number of likely N-dealkylation sites (N-methyl/N-ethyl adjacent to an activating group) is 1. The van der Waals surface area contributed by atoms with Crippen LogP contribution in [0.1, 0.15) is 12.5 Å². The normalized spacial score (nSPS) is 11.6. The summed E-state index contributed by atoms with van der Waals surface area (Å²) in [5, 5.41) is 0. The molecule has 0 heterocycles. The van der Waals surface area contributed by atoms with Gasteiger partial charge >= 0.3 is 0 Å². The van der Waals surface area contributed by atoms with Crippen LogP contribution in [0.4, 0.5) is 0 Å². The van der Waals surface area contributed by atoms with Crippen molar-refractivity contribution in [1.82, 2.24) is 4.90 Å². The first-order chi connectivity index (χ1) is 6.74. The van der Waals surface area contributed by atoms with Crippen molar-refractivity contribution in [2.75, 3.05) is 13.6 Å². The summed E-state index contributed by atoms with van der Waals surface area (Å²) in [5.74, 6) is 2.66. The van der Waals surface area contributed by atoms with Crippen LogP contribution in [-0.4, -0.2) is 24.5 Å². The third-order valence-corrected chi connectivity index (χ3v) is 2.47. The van der Waals surface area contributed by atoms with Crippen molar-refractivity contribution in [3.63, 3.8) is 0 Å². The molecule has 0 spiro atoms. The van der Waals surface area contributed by atoms with Gasteiger partial charge in [0.2, 0.25) is 0 Å². The fourth-order valence-corrected chi connectivity index (χ4v) is 1.41. The molecule has 0 aliphatic heterocycles. The van der Waals surface area contributed by atoms with Crippen LogP contribution in [0.15, 0.2) is 30.3 Å². The Morgan fingerprint density at radius 3 is 2.47 bits per heavy atom. The first-order valence-corrected chi connectivity index (χ1v) is 4.91. The average molecular weight is 223 g/mol. The number of hydrogen-bond donors (Lipinski definition) is 0. The molecule has 0 radical (unpaired) electrons. The Hall–Kier alpha value is -0.970. The van der Waals surface area contributed by atoms with Crippen molar-refractivity contribution in [1.29, 1.82) is 0 Å². The van der Waals surface area contributed by atoms with E-state index < -0.39 is 0 Å². The number of nitrogens with zero attached hydrogens (tertiary/aromatic N) is 1. The zero-order valence-corrected chi connectivity index (χ0v) is 10.0. The standard InChI is InChI=1S/C13H17N.ClH/c1-4-10-14(3)12(2)11-13-8-6-5-7-9-13;/h1,5-9,12H,10-11H2,2-3H3;1H/p-1. The van der Waals surface area contributed by atoms with E-state index in [1.165, 1.54) is 5.56 Å². The van der Waals surface area contributed by atoms with E-state index in [0.29, 0.717) is 12.6 Å². The van der Waals surface area contributed by atoms with E-state index in [2.05, 4.69) is 49.1 Å². The molecule has 0 aromatic heterocycles. The van der Waals surface area contributed by atoms with Crippen LogP contribution in [0, 0.1) is 12.3 Å². The molecule has 1 nitrogen and oxygen atoms in total. The van der Waals surface area contributed by atoms with Crippen LogP contribution in [0.25, 0.3) is 0 Å². The number of terminal acetylenes is 1. The Morgan fingerprint density at radius 2 is 1.93 bits per heavy atom. The lowest BCUT2D eigenvalue weighted by atomic mass is 10.1. The van der Waals surface area contributed by atoms with E-state index in [9.17, 15) is 0 Å². The Morgan fingerprint density at radius 1 is 1.33 bits per heavy atom. The van der Waals surface area contributed by atoms with Crippen LogP contribution in [0.3, 0.4) is 0 Å². The molecule has 1 atom stereocenters. The fraction of sp³-hybridized carbons (Fsp3) is 0.385. The van der Waals surface area contributed by atoms with Gasteiger partial charge in [-0.15, -0.1) is 6.42 Å². The monoisotopic (exact) mass is 222 g/mol. The molecule has 2 heteroatoms. The maximum Gasteiger partial charge on any atom is 0.0598 e. The lowest BCUT2D eigenvalue weighted by Gasteiger charge is -2.22. The number of halogens is 1. The van der Waals surface area contributed by atoms with Crippen molar-refractivity contribution >= 4 is 0 Å². The van der Waals surface area contributed by atoms with Crippen molar-refractivity contribution < 1.29 is 12.4 Å². The van der Waals surface area contributed by atoms with Gasteiger partial charge in [-0.2, -0.15) is 0 Å². The molecule has 1 aromatic rings. The van der Waals surface area contributed by atoms with Crippen LogP contribution in [-0.2, 0) is 6.42 Å². The van der Waals surface area contributed by atoms with Gasteiger partial charge in [0.05, 0.1) is 6.54 Å². The summed E-state index contributed by atoms with van der Waals surface area (Å²) in [6, 6.07) is 11.0. The van der Waals surface area contributed by atoms with Crippen LogP contribution in [0.5, 0.6) is 0 Å². The summed E-state index contributed by atoms with van der Waals surface area (Å²) in [4.78, 5) is 2.19. The summed E-state index contributed by atoms with van der Waals surface area (Å²) in [6.45, 7) is 2.92. The summed E-state index contributed by atoms with van der Waals surface area (Å²) >= 11 is 0. The van der Waals surface area contributed by atoms with Crippen molar-refractivity contribution in [2.24, 2.45) is 0 Å². The fourth-order valence-electron chi connectivity index (χ4n) is 1.41. The van der Waals surface area contributed by atoms with Crippen LogP contribution < -0.4 is 12.4 Å². The molecule has 82 valence electrons. The predicted octanol–water partition coefficient (Wildman–Crippen LogP) is -0.813. The van der Waals surface area contributed by atoms with Gasteiger partial charge in [-0.25, -0.2) is 0 Å². The lowest BCUT2D eigenvalue weighted by molar-refractivity contribution is -0.00000305. The molecule has 0 N–H and O–H groups in total. The minimum atomic E-state index is 0. The SMILES string of the molecule is C#CCN(C)C(C)Cc1ccccc1.[Cl-]. The van der Waals surface area contributed by atoms with Crippen molar-refractivity contribution in [2.45, 2.75) is 19.4 Å². The molecule has 0 saturated heterocycles. The van der Waals surface area contributed by atoms with Gasteiger partial charge in [0.25, 0.3) is 0 Å². The molecular weight excluding hydrogens is 206 g/mol. The molecule has 0 bridgehead atoms. The highest BCUT2D eigenvalue weighted by molar-refractivity contribution is 5.15. The third kappa shape index (κ3) is 4.88. The van der Waals surface area contributed by atoms with Crippen molar-refractivity contribution in [3.05, 3.63) is 35.9 Å². The highest BCUT2D eigenvalue weighted by atomic mass is 35.5. The number of rotatable bonds is 4. The maximum atomic E-state index is 5.27. The molecule has 15 heavy (non-hydrogen) atoms. The molecule has 1 aromatic carbocycles. The molecule has 0 saturated carbocycles. The van der Waals surface area contributed by atoms with Gasteiger partial charge in [-0.1, -0.05) is 36.3 Å². The second-order valence-corrected chi connectivity index (χ2v) is 3.66. The minimum absolute atomic E-state index is 0. The van der Waals surface area contributed by atoms with Gasteiger partial charge in [-0.3, -0.25) is 4.90 Å².